The predicted octanol–water partition coefficient (Wildman–Crippen LogP) is 3.73. The first-order valence-corrected chi connectivity index (χ1v) is 10.8. The third kappa shape index (κ3) is 4.53. The molecule has 1 saturated heterocycles. The highest BCUT2D eigenvalue weighted by Gasteiger charge is 2.47. The van der Waals surface area contributed by atoms with Gasteiger partial charge in [0.05, 0.1) is 18.2 Å². The third-order valence-corrected chi connectivity index (χ3v) is 6.19. The van der Waals surface area contributed by atoms with Gasteiger partial charge in [0, 0.05) is 17.0 Å². The topological polar surface area (TPSA) is 74.4 Å². The molecular formula is C25H28FN3O3. The van der Waals surface area contributed by atoms with Crippen molar-refractivity contribution < 1.29 is 13.9 Å². The van der Waals surface area contributed by atoms with Gasteiger partial charge in [0.15, 0.2) is 0 Å². The Morgan fingerprint density at radius 2 is 1.88 bits per heavy atom. The zero-order valence-electron chi connectivity index (χ0n) is 18.6. The molecule has 1 aliphatic carbocycles. The van der Waals surface area contributed by atoms with Gasteiger partial charge in [-0.2, -0.15) is 0 Å². The van der Waals surface area contributed by atoms with Gasteiger partial charge in [0.1, 0.15) is 11.6 Å². The van der Waals surface area contributed by atoms with Crippen molar-refractivity contribution >= 4 is 16.8 Å². The number of amides is 1. The Hall–Kier alpha value is -3.19. The zero-order chi connectivity index (χ0) is 22.9. The normalized spacial score (nSPS) is 16.5. The Bertz CT molecular complexity index is 1210. The number of aromatic amines is 1. The minimum absolute atomic E-state index is 0.223. The fourth-order valence-corrected chi connectivity index (χ4v) is 3.95. The standard InChI is InChI=1S/C21H19FN2O3.C4H9N/c1-12-3-5-14(27-2)10-16(12)20(26)24-21(7-8-21)17-11-19(25)23-18-9-13(22)4-6-15(17)18;1-5-3-2-4-5/h3-6,9-11H,7-8H2,1-2H3,(H,23,25)(H,24,26);2-4H2,1H3. The Balaban J connectivity index is 0.000000433. The molecule has 2 aliphatic rings. The number of pyridine rings is 1. The number of nitrogens with zero attached hydrogens (tertiary/aromatic N) is 1. The monoisotopic (exact) mass is 437 g/mol. The number of methoxy groups -OCH3 is 1. The number of H-pyrrole nitrogens is 1. The van der Waals surface area contributed by atoms with E-state index in [-0.39, 0.29) is 11.5 Å². The van der Waals surface area contributed by atoms with Crippen molar-refractivity contribution in [3.05, 3.63) is 75.3 Å². The molecule has 0 radical (unpaired) electrons. The van der Waals surface area contributed by atoms with Gasteiger partial charge in [-0.3, -0.25) is 9.59 Å². The van der Waals surface area contributed by atoms with Crippen LogP contribution >= 0.6 is 0 Å². The fourth-order valence-electron chi connectivity index (χ4n) is 3.95. The largest absolute Gasteiger partial charge is 0.497 e. The van der Waals surface area contributed by atoms with Crippen LogP contribution in [0.25, 0.3) is 10.9 Å². The summed E-state index contributed by atoms with van der Waals surface area (Å²) in [5.74, 6) is -0.0386. The summed E-state index contributed by atoms with van der Waals surface area (Å²) in [6, 6.07) is 11.1. The molecule has 0 unspecified atom stereocenters. The average Bonchev–Trinajstić information content (AvgIpc) is 3.52. The third-order valence-electron chi connectivity index (χ3n) is 6.19. The lowest BCUT2D eigenvalue weighted by Crippen LogP contribution is -2.36. The van der Waals surface area contributed by atoms with Crippen molar-refractivity contribution in [1.29, 1.82) is 0 Å². The maximum Gasteiger partial charge on any atom is 0.252 e. The zero-order valence-corrected chi connectivity index (χ0v) is 18.6. The first-order chi connectivity index (χ1) is 15.3. The SMILES string of the molecule is CN1CCC1.COc1ccc(C)c(C(=O)NC2(c3cc(=O)[nH]c4cc(F)ccc34)CC2)c1. The highest BCUT2D eigenvalue weighted by Crippen LogP contribution is 2.47. The van der Waals surface area contributed by atoms with E-state index in [0.29, 0.717) is 16.8 Å². The number of ether oxygens (including phenoxy) is 1. The molecule has 0 atom stereocenters. The van der Waals surface area contributed by atoms with E-state index in [1.807, 2.05) is 13.0 Å². The van der Waals surface area contributed by atoms with Crippen LogP contribution in [-0.2, 0) is 5.54 Å². The molecule has 1 saturated carbocycles. The van der Waals surface area contributed by atoms with E-state index < -0.39 is 11.4 Å². The summed E-state index contributed by atoms with van der Waals surface area (Å²) in [4.78, 5) is 30.0. The van der Waals surface area contributed by atoms with Crippen LogP contribution in [0.2, 0.25) is 0 Å². The molecule has 0 bridgehead atoms. The number of rotatable bonds is 4. The number of hydrogen-bond acceptors (Lipinski definition) is 4. The van der Waals surface area contributed by atoms with Crippen molar-refractivity contribution in [2.24, 2.45) is 0 Å². The lowest BCUT2D eigenvalue weighted by molar-refractivity contribution is 0.0930. The molecule has 2 heterocycles. The number of hydrogen-bond donors (Lipinski definition) is 2. The van der Waals surface area contributed by atoms with Crippen LogP contribution < -0.4 is 15.6 Å². The molecule has 6 nitrogen and oxygen atoms in total. The molecule has 2 aromatic carbocycles. The quantitative estimate of drug-likeness (QED) is 0.652. The van der Waals surface area contributed by atoms with Gasteiger partial charge in [-0.25, -0.2) is 4.39 Å². The summed E-state index contributed by atoms with van der Waals surface area (Å²) < 4.78 is 18.8. The summed E-state index contributed by atoms with van der Waals surface area (Å²) >= 11 is 0. The second-order valence-electron chi connectivity index (χ2n) is 8.61. The van der Waals surface area contributed by atoms with E-state index in [9.17, 15) is 14.0 Å². The van der Waals surface area contributed by atoms with Crippen LogP contribution in [0.1, 0.15) is 40.7 Å². The number of carbonyl (C=O) groups excluding carboxylic acids is 1. The Labute approximate surface area is 186 Å². The maximum atomic E-state index is 13.6. The second-order valence-corrected chi connectivity index (χ2v) is 8.61. The minimum atomic E-state index is -0.614. The summed E-state index contributed by atoms with van der Waals surface area (Å²) in [6.07, 6.45) is 2.85. The summed E-state index contributed by atoms with van der Waals surface area (Å²) in [5.41, 5.74) is 1.58. The van der Waals surface area contributed by atoms with Gasteiger partial charge in [0.2, 0.25) is 5.56 Å². The number of halogens is 1. The van der Waals surface area contributed by atoms with Crippen LogP contribution in [0, 0.1) is 12.7 Å². The van der Waals surface area contributed by atoms with E-state index in [2.05, 4.69) is 22.2 Å². The van der Waals surface area contributed by atoms with Crippen molar-refractivity contribution in [3.8, 4) is 5.75 Å². The van der Waals surface area contributed by atoms with E-state index in [1.165, 1.54) is 37.7 Å². The van der Waals surface area contributed by atoms with Gasteiger partial charge in [-0.05, 0) is 87.8 Å². The summed E-state index contributed by atoms with van der Waals surface area (Å²) in [5, 5.41) is 3.82. The molecule has 1 aromatic heterocycles. The van der Waals surface area contributed by atoms with E-state index in [4.69, 9.17) is 4.74 Å². The van der Waals surface area contributed by atoms with Crippen molar-refractivity contribution in [3.63, 3.8) is 0 Å². The van der Waals surface area contributed by atoms with E-state index in [0.717, 1.165) is 29.4 Å². The molecule has 2 N–H and O–H groups in total. The fraction of sp³-hybridized carbons (Fsp3) is 0.360. The maximum absolute atomic E-state index is 13.6. The number of fused-ring (bicyclic) bond motifs is 1. The predicted molar refractivity (Wildman–Crippen MR) is 123 cm³/mol. The van der Waals surface area contributed by atoms with Crippen molar-refractivity contribution in [2.75, 3.05) is 27.2 Å². The van der Waals surface area contributed by atoms with Crippen LogP contribution in [0.3, 0.4) is 0 Å². The minimum Gasteiger partial charge on any atom is -0.497 e. The number of benzene rings is 2. The molecule has 0 spiro atoms. The van der Waals surface area contributed by atoms with Crippen LogP contribution in [0.5, 0.6) is 5.75 Å². The van der Waals surface area contributed by atoms with Crippen LogP contribution in [0.15, 0.2) is 47.3 Å². The summed E-state index contributed by atoms with van der Waals surface area (Å²) in [7, 11) is 3.69. The second kappa shape index (κ2) is 8.74. The van der Waals surface area contributed by atoms with E-state index in [1.54, 1.807) is 25.3 Å². The van der Waals surface area contributed by atoms with Gasteiger partial charge in [0.25, 0.3) is 5.91 Å². The number of carbonyl (C=O) groups is 1. The van der Waals surface area contributed by atoms with Crippen molar-refractivity contribution in [2.45, 2.75) is 31.7 Å². The molecule has 1 aliphatic heterocycles. The highest BCUT2D eigenvalue weighted by atomic mass is 19.1. The number of aryl methyl sites for hydroxylation is 1. The first-order valence-electron chi connectivity index (χ1n) is 10.8. The lowest BCUT2D eigenvalue weighted by Gasteiger charge is -2.24. The average molecular weight is 438 g/mol. The highest BCUT2D eigenvalue weighted by molar-refractivity contribution is 5.97. The Morgan fingerprint density at radius 3 is 2.47 bits per heavy atom. The molecule has 2 fully saturated rings. The molecule has 3 aromatic rings. The van der Waals surface area contributed by atoms with Gasteiger partial charge in [-0.15, -0.1) is 0 Å². The van der Waals surface area contributed by atoms with Gasteiger partial charge >= 0.3 is 0 Å². The van der Waals surface area contributed by atoms with Gasteiger partial charge < -0.3 is 19.9 Å². The Kier molecular flexibility index (Phi) is 6.02. The molecule has 5 rings (SSSR count). The smallest absolute Gasteiger partial charge is 0.252 e. The van der Waals surface area contributed by atoms with Crippen LogP contribution in [-0.4, -0.2) is 43.0 Å². The molecular weight excluding hydrogens is 409 g/mol. The number of nitrogens with one attached hydrogen (secondary N) is 2. The molecule has 32 heavy (non-hydrogen) atoms. The Morgan fingerprint density at radius 1 is 1.16 bits per heavy atom. The van der Waals surface area contributed by atoms with Crippen molar-refractivity contribution in [1.82, 2.24) is 15.2 Å². The number of likely N-dealkylation sites (tertiary alicyclic amines) is 1. The molecule has 168 valence electrons. The number of aromatic nitrogens is 1. The first kappa shape index (κ1) is 22.0. The van der Waals surface area contributed by atoms with E-state index >= 15 is 0 Å². The van der Waals surface area contributed by atoms with Gasteiger partial charge in [-0.1, -0.05) is 6.07 Å². The lowest BCUT2D eigenvalue weighted by atomic mass is 9.98. The molecule has 1 amide bonds. The molecule has 7 heteroatoms. The summed E-state index contributed by atoms with van der Waals surface area (Å²) in [6.45, 7) is 4.50. The van der Waals surface area contributed by atoms with Crippen LogP contribution in [0.4, 0.5) is 4.39 Å².